The van der Waals surface area contributed by atoms with Crippen molar-refractivity contribution in [3.8, 4) is 0 Å². The van der Waals surface area contributed by atoms with Gasteiger partial charge in [-0.3, -0.25) is 0 Å². The zero-order chi connectivity index (χ0) is 14.8. The average molecular weight is 296 g/mol. The van der Waals surface area contributed by atoms with Crippen LogP contribution < -0.4 is 0 Å². The van der Waals surface area contributed by atoms with Crippen LogP contribution in [-0.4, -0.2) is 17.1 Å². The Morgan fingerprint density at radius 3 is 1.78 bits per heavy atom. The third-order valence-electron chi connectivity index (χ3n) is 2.02. The Morgan fingerprint density at radius 1 is 1.00 bits per heavy atom. The Labute approximate surface area is 118 Å². The van der Waals surface area contributed by atoms with Gasteiger partial charge in [0.1, 0.15) is 0 Å². The molecule has 1 atom stereocenters. The van der Waals surface area contributed by atoms with Crippen LogP contribution in [0.4, 0.5) is 0 Å². The Balaban J connectivity index is 4.43. The molecule has 0 amide bonds. The van der Waals surface area contributed by atoms with E-state index >= 15 is 0 Å². The highest BCUT2D eigenvalue weighted by molar-refractivity contribution is 8.07. The van der Waals surface area contributed by atoms with Crippen molar-refractivity contribution in [2.24, 2.45) is 10.8 Å². The first-order valence-electron chi connectivity index (χ1n) is 6.30. The second kappa shape index (κ2) is 5.88. The molecule has 3 nitrogen and oxygen atoms in total. The minimum absolute atomic E-state index is 0.0354. The van der Waals surface area contributed by atoms with Crippen LogP contribution in [0.25, 0.3) is 0 Å². The maximum Gasteiger partial charge on any atom is 0.325 e. The molecule has 0 aliphatic carbocycles. The molecule has 0 aliphatic heterocycles. The fourth-order valence-electron chi connectivity index (χ4n) is 2.12. The lowest BCUT2D eigenvalue weighted by molar-refractivity contribution is 0.0606. The van der Waals surface area contributed by atoms with Crippen LogP contribution in [0.1, 0.15) is 61.8 Å². The third-order valence-corrected chi connectivity index (χ3v) is 3.79. The van der Waals surface area contributed by atoms with E-state index in [-0.39, 0.29) is 10.8 Å². The third kappa shape index (κ3) is 10.5. The summed E-state index contributed by atoms with van der Waals surface area (Å²) in [4.78, 5) is 9.99. The van der Waals surface area contributed by atoms with Gasteiger partial charge in [-0.1, -0.05) is 34.6 Å². The van der Waals surface area contributed by atoms with E-state index < -0.39 is 12.3 Å². The van der Waals surface area contributed by atoms with Gasteiger partial charge < -0.3 is 13.9 Å². The fraction of sp³-hybridized carbons (Fsp3) is 1.00. The van der Waals surface area contributed by atoms with Gasteiger partial charge in [-0.15, -0.1) is 0 Å². The smallest absolute Gasteiger partial charge is 0.324 e. The Hall–Kier alpha value is 0.530. The Morgan fingerprint density at radius 2 is 1.44 bits per heavy atom. The van der Waals surface area contributed by atoms with E-state index in [1.165, 1.54) is 0 Å². The zero-order valence-electron chi connectivity index (χ0n) is 13.0. The van der Waals surface area contributed by atoms with Crippen molar-refractivity contribution in [2.75, 3.05) is 6.61 Å². The maximum absolute atomic E-state index is 9.99. The molecular formula is C13H29O3PS. The van der Waals surface area contributed by atoms with E-state index in [4.69, 9.17) is 20.9 Å². The summed E-state index contributed by atoms with van der Waals surface area (Å²) >= 11 is 5.02. The van der Waals surface area contributed by atoms with E-state index in [9.17, 15) is 4.89 Å². The van der Waals surface area contributed by atoms with Crippen LogP contribution in [0.5, 0.6) is 0 Å². The molecule has 18 heavy (non-hydrogen) atoms. The van der Waals surface area contributed by atoms with Gasteiger partial charge in [0.2, 0.25) is 0 Å². The number of rotatable bonds is 5. The van der Waals surface area contributed by atoms with Gasteiger partial charge >= 0.3 is 6.72 Å². The van der Waals surface area contributed by atoms with Gasteiger partial charge in [-0.2, -0.15) is 0 Å². The van der Waals surface area contributed by atoms with Gasteiger partial charge in [0.15, 0.2) is 0 Å². The van der Waals surface area contributed by atoms with Crippen molar-refractivity contribution in [3.05, 3.63) is 0 Å². The lowest BCUT2D eigenvalue weighted by atomic mass is 9.77. The molecule has 1 unspecified atom stereocenters. The molecule has 0 rings (SSSR count). The number of hydrogen-bond donors (Lipinski definition) is 1. The Bertz CT molecular complexity index is 313. The van der Waals surface area contributed by atoms with Gasteiger partial charge in [0, 0.05) is 0 Å². The second-order valence-electron chi connectivity index (χ2n) is 7.85. The largest absolute Gasteiger partial charge is 0.325 e. The molecule has 0 heterocycles. The normalized spacial score (nSPS) is 17.6. The molecule has 1 N–H and O–H groups in total. The lowest BCUT2D eigenvalue weighted by Crippen LogP contribution is -2.26. The van der Waals surface area contributed by atoms with E-state index in [1.807, 2.05) is 20.8 Å². The summed E-state index contributed by atoms with van der Waals surface area (Å²) in [5.41, 5.74) is -0.305. The summed E-state index contributed by atoms with van der Waals surface area (Å²) in [7, 11) is 0. The highest BCUT2D eigenvalue weighted by atomic mass is 32.5. The quantitative estimate of drug-likeness (QED) is 0.758. The van der Waals surface area contributed by atoms with Gasteiger partial charge in [0.25, 0.3) is 0 Å². The van der Waals surface area contributed by atoms with Gasteiger partial charge in [-0.25, -0.2) is 0 Å². The van der Waals surface area contributed by atoms with Crippen molar-refractivity contribution in [1.82, 2.24) is 0 Å². The SMILES string of the molecule is CC(C)(C)CC(C)(C)COP(O)(=S)OC(C)(C)C. The Kier molecular flexibility index (Phi) is 6.06. The first-order chi connectivity index (χ1) is 7.62. The highest BCUT2D eigenvalue weighted by Gasteiger charge is 2.30. The zero-order valence-corrected chi connectivity index (χ0v) is 14.7. The topological polar surface area (TPSA) is 38.7 Å². The molecule has 0 aromatic carbocycles. The highest BCUT2D eigenvalue weighted by Crippen LogP contribution is 2.49. The lowest BCUT2D eigenvalue weighted by Gasteiger charge is -2.34. The van der Waals surface area contributed by atoms with E-state index in [0.717, 1.165) is 6.42 Å². The van der Waals surface area contributed by atoms with Crippen LogP contribution in [-0.2, 0) is 20.9 Å². The summed E-state index contributed by atoms with van der Waals surface area (Å²) in [6.07, 6.45) is 0.991. The van der Waals surface area contributed by atoms with Gasteiger partial charge in [0.05, 0.1) is 12.2 Å². The predicted molar refractivity (Wildman–Crippen MR) is 81.1 cm³/mol. The molecule has 0 bridgehead atoms. The molecule has 0 aromatic rings. The first-order valence-corrected chi connectivity index (χ1v) is 8.89. The average Bonchev–Trinajstić information content (AvgIpc) is 1.91. The van der Waals surface area contributed by atoms with Gasteiger partial charge in [-0.05, 0) is 49.8 Å². The van der Waals surface area contributed by atoms with Crippen LogP contribution in [0, 0.1) is 10.8 Å². The summed E-state index contributed by atoms with van der Waals surface area (Å²) in [6, 6.07) is 0. The molecular weight excluding hydrogens is 267 g/mol. The van der Waals surface area contributed by atoms with Crippen molar-refractivity contribution < 1.29 is 13.9 Å². The summed E-state index contributed by atoms with van der Waals surface area (Å²) < 4.78 is 10.9. The van der Waals surface area contributed by atoms with E-state index in [1.54, 1.807) is 0 Å². The fourth-order valence-corrected chi connectivity index (χ4v) is 4.20. The molecule has 0 saturated heterocycles. The molecule has 0 spiro atoms. The maximum atomic E-state index is 9.99. The summed E-state index contributed by atoms with van der Waals surface area (Å²) in [6.45, 7) is 13.6. The molecule has 5 heteroatoms. The van der Waals surface area contributed by atoms with Crippen LogP contribution in [0.3, 0.4) is 0 Å². The summed E-state index contributed by atoms with van der Waals surface area (Å²) in [5.74, 6) is 0. The predicted octanol–water partition coefficient (Wildman–Crippen LogP) is 4.50. The molecule has 110 valence electrons. The standard InChI is InChI=1S/C13H29O3PS/c1-11(2,3)9-13(7,8)10-15-17(14,18)16-12(4,5)6/h9-10H2,1-8H3,(H,14,18). The van der Waals surface area contributed by atoms with Crippen molar-refractivity contribution in [1.29, 1.82) is 0 Å². The molecule has 0 radical (unpaired) electrons. The van der Waals surface area contributed by atoms with Crippen LogP contribution >= 0.6 is 6.72 Å². The van der Waals surface area contributed by atoms with Crippen molar-refractivity contribution in [2.45, 2.75) is 67.4 Å². The van der Waals surface area contributed by atoms with Crippen molar-refractivity contribution in [3.63, 3.8) is 0 Å². The van der Waals surface area contributed by atoms with Crippen LogP contribution in [0.2, 0.25) is 0 Å². The first kappa shape index (κ1) is 18.5. The van der Waals surface area contributed by atoms with E-state index in [0.29, 0.717) is 6.61 Å². The molecule has 0 aromatic heterocycles. The number of hydrogen-bond acceptors (Lipinski definition) is 3. The molecule has 0 fully saturated rings. The van der Waals surface area contributed by atoms with Crippen LogP contribution in [0.15, 0.2) is 0 Å². The summed E-state index contributed by atoms with van der Waals surface area (Å²) in [5, 5.41) is 0. The second-order valence-corrected chi connectivity index (χ2v) is 10.6. The minimum atomic E-state index is -3.14. The molecule has 0 aliphatic rings. The van der Waals surface area contributed by atoms with Crippen molar-refractivity contribution >= 4 is 18.5 Å². The monoisotopic (exact) mass is 296 g/mol. The molecule has 0 saturated carbocycles. The minimum Gasteiger partial charge on any atom is -0.324 e. The van der Waals surface area contributed by atoms with E-state index in [2.05, 4.69) is 34.6 Å².